The number of benzene rings is 3. The van der Waals surface area contributed by atoms with Crippen LogP contribution in [0.4, 0.5) is 4.79 Å². The monoisotopic (exact) mass is 701 g/mol. The average Bonchev–Trinajstić information content (AvgIpc) is 3.68. The Morgan fingerprint density at radius 3 is 2.33 bits per heavy atom. The third-order valence-electron chi connectivity index (χ3n) is 9.91. The van der Waals surface area contributed by atoms with E-state index in [4.69, 9.17) is 9.47 Å². The first-order valence-electron chi connectivity index (χ1n) is 18.0. The molecule has 0 aliphatic heterocycles. The Morgan fingerprint density at radius 2 is 1.69 bits per heavy atom. The van der Waals surface area contributed by atoms with Gasteiger partial charge in [0.2, 0.25) is 11.8 Å². The van der Waals surface area contributed by atoms with Gasteiger partial charge >= 0.3 is 6.09 Å². The third kappa shape index (κ3) is 9.85. The van der Waals surface area contributed by atoms with E-state index in [2.05, 4.69) is 32.7 Å². The van der Waals surface area contributed by atoms with Gasteiger partial charge in [0.1, 0.15) is 12.1 Å². The van der Waals surface area contributed by atoms with Crippen molar-refractivity contribution in [2.75, 3.05) is 19.6 Å². The molecule has 3 aromatic carbocycles. The lowest BCUT2D eigenvalue weighted by Crippen LogP contribution is -2.53. The standard InChI is InChI=1S/C42H47N5O5/c1-31(34-14-7-3-8-15-34)52-41(50)46-38(24-36-25-43-30-45-36)40(49)47(26-32-18-20-37(21-19-32)51-28-33-12-5-2-6-13-33)27-39(48)44-29-42(22-11-23-42)35-16-9-4-10-17-35/h2-10,12-20,25,30-31,37-38H,11,21-24,26-29H2,1H3,(H,43,45)(H,44,48)(H,46,50). The lowest BCUT2D eigenvalue weighted by atomic mass is 9.64. The van der Waals surface area contributed by atoms with E-state index in [9.17, 15) is 14.4 Å². The maximum Gasteiger partial charge on any atom is 0.408 e. The van der Waals surface area contributed by atoms with Gasteiger partial charge in [-0.3, -0.25) is 9.59 Å². The van der Waals surface area contributed by atoms with Crippen molar-refractivity contribution in [3.05, 3.63) is 150 Å². The molecule has 0 bridgehead atoms. The third-order valence-corrected chi connectivity index (χ3v) is 9.91. The van der Waals surface area contributed by atoms with Gasteiger partial charge in [0.05, 0.1) is 25.6 Å². The van der Waals surface area contributed by atoms with Gasteiger partial charge in [-0.2, -0.15) is 0 Å². The predicted molar refractivity (Wildman–Crippen MR) is 199 cm³/mol. The van der Waals surface area contributed by atoms with E-state index < -0.39 is 24.1 Å². The molecule has 0 radical (unpaired) electrons. The van der Waals surface area contributed by atoms with E-state index in [0.29, 0.717) is 25.3 Å². The van der Waals surface area contributed by atoms with Crippen molar-refractivity contribution in [2.45, 2.75) is 69.3 Å². The highest BCUT2D eigenvalue weighted by molar-refractivity contribution is 5.90. The van der Waals surface area contributed by atoms with Gasteiger partial charge in [-0.05, 0) is 48.4 Å². The van der Waals surface area contributed by atoms with Crippen LogP contribution in [-0.2, 0) is 37.5 Å². The topological polar surface area (TPSA) is 126 Å². The molecule has 270 valence electrons. The molecule has 0 saturated heterocycles. The van der Waals surface area contributed by atoms with Crippen molar-refractivity contribution in [1.82, 2.24) is 25.5 Å². The summed E-state index contributed by atoms with van der Waals surface area (Å²) in [6.45, 7) is 2.75. The molecule has 1 heterocycles. The number of amides is 3. The van der Waals surface area contributed by atoms with Crippen molar-refractivity contribution in [3.63, 3.8) is 0 Å². The summed E-state index contributed by atoms with van der Waals surface area (Å²) in [4.78, 5) is 50.0. The summed E-state index contributed by atoms with van der Waals surface area (Å²) in [5, 5.41) is 5.93. The molecule has 6 rings (SSSR count). The molecule has 10 nitrogen and oxygen atoms in total. The Bertz CT molecular complexity index is 1810. The zero-order chi connectivity index (χ0) is 36.2. The van der Waals surface area contributed by atoms with Crippen LogP contribution in [0.3, 0.4) is 0 Å². The van der Waals surface area contributed by atoms with Crippen LogP contribution < -0.4 is 10.6 Å². The summed E-state index contributed by atoms with van der Waals surface area (Å²) in [5.74, 6) is -0.673. The number of hydrogen-bond acceptors (Lipinski definition) is 6. The second kappa shape index (κ2) is 17.6. The second-order valence-electron chi connectivity index (χ2n) is 13.6. The van der Waals surface area contributed by atoms with Gasteiger partial charge in [-0.1, -0.05) is 116 Å². The fourth-order valence-electron chi connectivity index (χ4n) is 6.72. The van der Waals surface area contributed by atoms with Crippen molar-refractivity contribution in [1.29, 1.82) is 0 Å². The Kier molecular flexibility index (Phi) is 12.3. The van der Waals surface area contributed by atoms with E-state index in [1.807, 2.05) is 97.1 Å². The fourth-order valence-corrected chi connectivity index (χ4v) is 6.72. The highest BCUT2D eigenvalue weighted by Gasteiger charge is 2.39. The lowest BCUT2D eigenvalue weighted by Gasteiger charge is -2.42. The normalized spacial score (nSPS) is 17.2. The fraction of sp³-hybridized carbons (Fsp3) is 0.333. The predicted octanol–water partition coefficient (Wildman–Crippen LogP) is 6.35. The van der Waals surface area contributed by atoms with E-state index >= 15 is 0 Å². The van der Waals surface area contributed by atoms with E-state index in [0.717, 1.165) is 36.0 Å². The first-order chi connectivity index (χ1) is 25.4. The molecule has 2 aliphatic carbocycles. The number of aromatic amines is 1. The summed E-state index contributed by atoms with van der Waals surface area (Å²) in [5.41, 5.74) is 4.55. The zero-order valence-corrected chi connectivity index (χ0v) is 29.6. The Labute approximate surface area is 305 Å². The number of imidazole rings is 1. The van der Waals surface area contributed by atoms with Gasteiger partial charge < -0.3 is 30.0 Å². The van der Waals surface area contributed by atoms with E-state index in [1.165, 1.54) is 16.8 Å². The maximum atomic E-state index is 14.4. The van der Waals surface area contributed by atoms with E-state index in [1.54, 1.807) is 13.1 Å². The Hall–Kier alpha value is -5.48. The molecule has 3 unspecified atom stereocenters. The van der Waals surface area contributed by atoms with Crippen molar-refractivity contribution in [2.24, 2.45) is 0 Å². The number of hydrogen-bond donors (Lipinski definition) is 3. The second-order valence-corrected chi connectivity index (χ2v) is 13.6. The van der Waals surface area contributed by atoms with Gasteiger partial charge in [0, 0.05) is 36.8 Å². The number of carbonyl (C=O) groups excluding carboxylic acids is 3. The Balaban J connectivity index is 1.16. The number of aromatic nitrogens is 2. The molecule has 10 heteroatoms. The molecule has 3 amide bonds. The van der Waals surface area contributed by atoms with Crippen LogP contribution in [0.25, 0.3) is 0 Å². The summed E-state index contributed by atoms with van der Waals surface area (Å²) >= 11 is 0. The lowest BCUT2D eigenvalue weighted by molar-refractivity contribution is -0.137. The Morgan fingerprint density at radius 1 is 0.981 bits per heavy atom. The van der Waals surface area contributed by atoms with Crippen LogP contribution in [-0.4, -0.2) is 64.6 Å². The SMILES string of the molecule is CC(OC(=O)NC(Cc1cnc[nH]1)C(=O)N(CC(=O)NCC1(c2ccccc2)CCC1)CC1=CCC(OCc2ccccc2)C=C1)c1ccccc1. The summed E-state index contributed by atoms with van der Waals surface area (Å²) in [7, 11) is 0. The number of nitrogens with one attached hydrogen (secondary N) is 3. The number of H-pyrrole nitrogens is 1. The molecular weight excluding hydrogens is 654 g/mol. The molecule has 1 saturated carbocycles. The van der Waals surface area contributed by atoms with Crippen molar-refractivity contribution in [3.8, 4) is 0 Å². The molecular formula is C42H47N5O5. The molecule has 4 aromatic rings. The van der Waals surface area contributed by atoms with Gasteiger partial charge in [0.15, 0.2) is 0 Å². The average molecular weight is 702 g/mol. The van der Waals surface area contributed by atoms with Gasteiger partial charge in [-0.15, -0.1) is 0 Å². The molecule has 52 heavy (non-hydrogen) atoms. The molecule has 3 atom stereocenters. The van der Waals surface area contributed by atoms with Crippen LogP contribution in [0.5, 0.6) is 0 Å². The van der Waals surface area contributed by atoms with Crippen molar-refractivity contribution < 1.29 is 23.9 Å². The molecule has 1 fully saturated rings. The maximum absolute atomic E-state index is 14.4. The molecule has 2 aliphatic rings. The number of nitrogens with zero attached hydrogens (tertiary/aromatic N) is 2. The first-order valence-corrected chi connectivity index (χ1v) is 18.0. The number of carbonyl (C=O) groups is 3. The summed E-state index contributed by atoms with van der Waals surface area (Å²) < 4.78 is 11.8. The van der Waals surface area contributed by atoms with Crippen LogP contribution in [0.1, 0.15) is 61.1 Å². The van der Waals surface area contributed by atoms with Crippen LogP contribution in [0.15, 0.2) is 127 Å². The van der Waals surface area contributed by atoms with Crippen LogP contribution in [0, 0.1) is 0 Å². The quantitative estimate of drug-likeness (QED) is 0.125. The first kappa shape index (κ1) is 36.3. The number of alkyl carbamates (subject to hydrolysis) is 1. The largest absolute Gasteiger partial charge is 0.442 e. The van der Waals surface area contributed by atoms with E-state index in [-0.39, 0.29) is 36.9 Å². The number of ether oxygens (including phenoxy) is 2. The molecule has 0 spiro atoms. The minimum atomic E-state index is -1.03. The summed E-state index contributed by atoms with van der Waals surface area (Å²) in [6, 6.07) is 28.6. The highest BCUT2D eigenvalue weighted by atomic mass is 16.6. The van der Waals surface area contributed by atoms with Gasteiger partial charge in [0.25, 0.3) is 0 Å². The van der Waals surface area contributed by atoms with Crippen LogP contribution >= 0.6 is 0 Å². The zero-order valence-electron chi connectivity index (χ0n) is 29.6. The molecule has 1 aromatic heterocycles. The van der Waals surface area contributed by atoms with Gasteiger partial charge in [-0.25, -0.2) is 9.78 Å². The highest BCUT2D eigenvalue weighted by Crippen LogP contribution is 2.43. The minimum Gasteiger partial charge on any atom is -0.442 e. The summed E-state index contributed by atoms with van der Waals surface area (Å²) in [6.07, 6.45) is 11.6. The molecule has 3 N–H and O–H groups in total. The van der Waals surface area contributed by atoms with Crippen molar-refractivity contribution >= 4 is 17.9 Å². The van der Waals surface area contributed by atoms with Crippen LogP contribution in [0.2, 0.25) is 0 Å². The smallest absolute Gasteiger partial charge is 0.408 e. The number of rotatable bonds is 16. The minimum absolute atomic E-state index is 0.107.